The third-order valence-electron chi connectivity index (χ3n) is 6.28. The molecule has 2 fully saturated rings. The summed E-state index contributed by atoms with van der Waals surface area (Å²) in [6, 6.07) is -2.30. The minimum atomic E-state index is -1.11. The topological polar surface area (TPSA) is 119 Å². The van der Waals surface area contributed by atoms with Gasteiger partial charge in [0, 0.05) is 25.6 Å². The van der Waals surface area contributed by atoms with Crippen molar-refractivity contribution in [1.82, 2.24) is 20.4 Å². The van der Waals surface area contributed by atoms with Crippen molar-refractivity contribution in [2.45, 2.75) is 84.8 Å². The van der Waals surface area contributed by atoms with Gasteiger partial charge in [-0.2, -0.15) is 0 Å². The van der Waals surface area contributed by atoms with E-state index in [1.165, 1.54) is 4.90 Å². The summed E-state index contributed by atoms with van der Waals surface area (Å²) < 4.78 is 0. The fourth-order valence-electron chi connectivity index (χ4n) is 5.09. The molecule has 2 rings (SSSR count). The number of carbonyl (C=O) groups is 4. The summed E-state index contributed by atoms with van der Waals surface area (Å²) in [7, 11) is 1.55. The van der Waals surface area contributed by atoms with E-state index in [-0.39, 0.29) is 23.1 Å². The number of aliphatic hydroxyl groups excluding tert-OH is 1. The molecular formula is C23H40N4O5. The molecule has 3 atom stereocenters. The fourth-order valence-corrected chi connectivity index (χ4v) is 5.09. The lowest BCUT2D eigenvalue weighted by atomic mass is 9.75. The Labute approximate surface area is 191 Å². The second-order valence-electron chi connectivity index (χ2n) is 10.8. The van der Waals surface area contributed by atoms with Gasteiger partial charge in [-0.3, -0.25) is 19.2 Å². The van der Waals surface area contributed by atoms with Gasteiger partial charge in [-0.05, 0) is 37.5 Å². The molecule has 2 aliphatic heterocycles. The first kappa shape index (κ1) is 26.1. The third kappa shape index (κ3) is 5.99. The van der Waals surface area contributed by atoms with Crippen molar-refractivity contribution < 1.29 is 24.3 Å². The number of aliphatic hydroxyl groups is 1. The van der Waals surface area contributed by atoms with Crippen molar-refractivity contribution in [3.8, 4) is 0 Å². The van der Waals surface area contributed by atoms with Gasteiger partial charge in [0.1, 0.15) is 18.1 Å². The van der Waals surface area contributed by atoms with E-state index in [2.05, 4.69) is 10.6 Å². The summed E-state index contributed by atoms with van der Waals surface area (Å²) in [5.74, 6) is -1.20. The largest absolute Gasteiger partial charge is 0.394 e. The van der Waals surface area contributed by atoms with Gasteiger partial charge in [-0.15, -0.1) is 0 Å². The molecule has 2 aliphatic rings. The van der Waals surface area contributed by atoms with Crippen LogP contribution < -0.4 is 10.6 Å². The van der Waals surface area contributed by atoms with Gasteiger partial charge < -0.3 is 25.5 Å². The van der Waals surface area contributed by atoms with Crippen molar-refractivity contribution in [3.63, 3.8) is 0 Å². The first-order valence-corrected chi connectivity index (χ1v) is 11.6. The quantitative estimate of drug-likeness (QED) is 0.524. The molecule has 2 saturated heterocycles. The fraction of sp³-hybridized carbons (Fsp3) is 0.826. The monoisotopic (exact) mass is 452 g/mol. The summed E-state index contributed by atoms with van der Waals surface area (Å²) in [6.07, 6.45) is 3.11. The maximum Gasteiger partial charge on any atom is 0.248 e. The number of carbonyl (C=O) groups excluding carboxylic acids is 4. The average molecular weight is 453 g/mol. The number of hydrogen-bond donors (Lipinski definition) is 3. The van der Waals surface area contributed by atoms with Crippen molar-refractivity contribution in [2.24, 2.45) is 10.8 Å². The lowest BCUT2D eigenvalue weighted by Gasteiger charge is -2.34. The smallest absolute Gasteiger partial charge is 0.248 e. The van der Waals surface area contributed by atoms with Crippen LogP contribution in [0.5, 0.6) is 0 Å². The van der Waals surface area contributed by atoms with Crippen LogP contribution >= 0.6 is 0 Å². The molecule has 0 radical (unpaired) electrons. The number of likely N-dealkylation sites (N-methyl/N-ethyl adjacent to an activating group) is 1. The molecule has 3 N–H and O–H groups in total. The van der Waals surface area contributed by atoms with E-state index < -0.39 is 36.1 Å². The van der Waals surface area contributed by atoms with Crippen molar-refractivity contribution in [3.05, 3.63) is 0 Å². The highest BCUT2D eigenvalue weighted by atomic mass is 16.3. The lowest BCUT2D eigenvalue weighted by Crippen LogP contribution is -2.58. The maximum absolute atomic E-state index is 13.2. The predicted octanol–water partition coefficient (Wildman–Crippen LogP) is 0.654. The zero-order chi connectivity index (χ0) is 24.3. The Balaban J connectivity index is 2.11. The lowest BCUT2D eigenvalue weighted by molar-refractivity contribution is -0.148. The second kappa shape index (κ2) is 10.2. The number of hydrogen-bond acceptors (Lipinski definition) is 5. The van der Waals surface area contributed by atoms with Gasteiger partial charge in [0.05, 0.1) is 6.61 Å². The van der Waals surface area contributed by atoms with Crippen LogP contribution in [0.4, 0.5) is 0 Å². The van der Waals surface area contributed by atoms with E-state index >= 15 is 0 Å². The molecule has 0 aliphatic carbocycles. The molecule has 0 aromatic carbocycles. The highest BCUT2D eigenvalue weighted by Crippen LogP contribution is 2.33. The van der Waals surface area contributed by atoms with Gasteiger partial charge in [-0.1, -0.05) is 34.6 Å². The molecule has 2 heterocycles. The third-order valence-corrected chi connectivity index (χ3v) is 6.28. The summed E-state index contributed by atoms with van der Waals surface area (Å²) >= 11 is 0. The zero-order valence-electron chi connectivity index (χ0n) is 20.4. The average Bonchev–Trinajstić information content (AvgIpc) is 3.37. The van der Waals surface area contributed by atoms with Crippen molar-refractivity contribution >= 4 is 23.6 Å². The molecule has 4 amide bonds. The summed E-state index contributed by atoms with van der Waals surface area (Å²) in [6.45, 7) is 10.1. The number of nitrogens with one attached hydrogen (secondary N) is 2. The van der Waals surface area contributed by atoms with E-state index in [0.29, 0.717) is 38.8 Å². The minimum Gasteiger partial charge on any atom is -0.394 e. The first-order valence-electron chi connectivity index (χ1n) is 11.6. The van der Waals surface area contributed by atoms with Crippen LogP contribution in [0.15, 0.2) is 0 Å². The normalized spacial score (nSPS) is 22.6. The molecule has 0 bridgehead atoms. The summed E-state index contributed by atoms with van der Waals surface area (Å²) in [4.78, 5) is 54.5. The summed E-state index contributed by atoms with van der Waals surface area (Å²) in [5.41, 5.74) is -0.800. The number of rotatable bonds is 7. The second-order valence-corrected chi connectivity index (χ2v) is 10.8. The van der Waals surface area contributed by atoms with E-state index in [9.17, 15) is 24.3 Å². The molecule has 0 aromatic rings. The highest BCUT2D eigenvalue weighted by Gasteiger charge is 2.44. The predicted molar refractivity (Wildman–Crippen MR) is 120 cm³/mol. The molecule has 182 valence electrons. The van der Waals surface area contributed by atoms with Crippen LogP contribution in [0.3, 0.4) is 0 Å². The zero-order valence-corrected chi connectivity index (χ0v) is 20.4. The van der Waals surface area contributed by atoms with Crippen LogP contribution in [-0.4, -0.2) is 83.4 Å². The Bertz CT molecular complexity index is 730. The van der Waals surface area contributed by atoms with Crippen LogP contribution in [-0.2, 0) is 19.2 Å². The number of likely N-dealkylation sites (tertiary alicyclic amines) is 2. The van der Waals surface area contributed by atoms with Crippen LogP contribution in [0, 0.1) is 10.8 Å². The highest BCUT2D eigenvalue weighted by molar-refractivity contribution is 5.95. The SMILES string of the molecule is CNC(=O)C1CCCN1C(=O)C1CCCN1C(=O)C(CO)NC(=O)C(C)(C)CC(C)(C)C. The Morgan fingerprint density at radius 1 is 0.969 bits per heavy atom. The number of amides is 4. The molecular weight excluding hydrogens is 412 g/mol. The standard InChI is InChI=1S/C23H40N4O5/c1-22(2,3)14-23(4,5)21(32)25-15(13-28)19(30)27-12-8-10-17(27)20(31)26-11-7-9-16(26)18(29)24-6/h15-17,28H,7-14H2,1-6H3,(H,24,29)(H,25,32). The Hall–Kier alpha value is -2.16. The van der Waals surface area contributed by atoms with Gasteiger partial charge in [0.2, 0.25) is 23.6 Å². The van der Waals surface area contributed by atoms with Gasteiger partial charge >= 0.3 is 0 Å². The summed E-state index contributed by atoms with van der Waals surface area (Å²) in [5, 5.41) is 15.2. The number of nitrogens with zero attached hydrogens (tertiary/aromatic N) is 2. The van der Waals surface area contributed by atoms with Crippen LogP contribution in [0.1, 0.15) is 66.7 Å². The van der Waals surface area contributed by atoms with Gasteiger partial charge in [-0.25, -0.2) is 0 Å². The van der Waals surface area contributed by atoms with E-state index in [1.807, 2.05) is 34.6 Å². The molecule has 0 aromatic heterocycles. The molecule has 3 unspecified atom stereocenters. The first-order chi connectivity index (χ1) is 14.8. The van der Waals surface area contributed by atoms with Crippen LogP contribution in [0.2, 0.25) is 0 Å². The van der Waals surface area contributed by atoms with E-state index in [0.717, 1.165) is 6.42 Å². The minimum absolute atomic E-state index is 0.0803. The van der Waals surface area contributed by atoms with E-state index in [1.54, 1.807) is 11.9 Å². The van der Waals surface area contributed by atoms with Gasteiger partial charge in [0.25, 0.3) is 0 Å². The van der Waals surface area contributed by atoms with Crippen LogP contribution in [0.25, 0.3) is 0 Å². The molecule has 0 spiro atoms. The molecule has 9 nitrogen and oxygen atoms in total. The maximum atomic E-state index is 13.2. The van der Waals surface area contributed by atoms with Crippen molar-refractivity contribution in [2.75, 3.05) is 26.7 Å². The Kier molecular flexibility index (Phi) is 8.31. The Morgan fingerprint density at radius 3 is 2.06 bits per heavy atom. The molecule has 0 saturated carbocycles. The Morgan fingerprint density at radius 2 is 1.53 bits per heavy atom. The van der Waals surface area contributed by atoms with Gasteiger partial charge in [0.15, 0.2) is 0 Å². The van der Waals surface area contributed by atoms with E-state index in [4.69, 9.17) is 0 Å². The molecule has 32 heavy (non-hydrogen) atoms. The molecule has 9 heteroatoms. The van der Waals surface area contributed by atoms with Crippen molar-refractivity contribution in [1.29, 1.82) is 0 Å².